The Morgan fingerprint density at radius 3 is 2.59 bits per heavy atom. The summed E-state index contributed by atoms with van der Waals surface area (Å²) in [7, 11) is 0. The number of fused-ring (bicyclic) bond motifs is 1. The first-order valence-corrected chi connectivity index (χ1v) is 9.51. The summed E-state index contributed by atoms with van der Waals surface area (Å²) in [5, 5.41) is 11.1. The monoisotopic (exact) mass is 376 g/mol. The molecule has 0 saturated carbocycles. The van der Waals surface area contributed by atoms with Gasteiger partial charge in [-0.2, -0.15) is 5.26 Å². The molecule has 0 aliphatic rings. The molecule has 0 unspecified atom stereocenters. The third kappa shape index (κ3) is 4.12. The highest BCUT2D eigenvalue weighted by molar-refractivity contribution is 8.01. The number of benzene rings is 2. The normalized spacial score (nSPS) is 11.2. The molecule has 4 nitrogen and oxygen atoms in total. The molecule has 0 spiro atoms. The Kier molecular flexibility index (Phi) is 5.48. The van der Waals surface area contributed by atoms with E-state index in [2.05, 4.69) is 17.1 Å². The van der Waals surface area contributed by atoms with E-state index < -0.39 is 4.75 Å². The highest BCUT2D eigenvalue weighted by atomic mass is 32.2. The highest BCUT2D eigenvalue weighted by Gasteiger charge is 2.30. The average molecular weight is 376 g/mol. The van der Waals surface area contributed by atoms with E-state index in [0.717, 1.165) is 26.8 Å². The lowest BCUT2D eigenvalue weighted by atomic mass is 10.0. The maximum Gasteiger partial charge on any atom is 0.321 e. The molecule has 27 heavy (non-hydrogen) atoms. The van der Waals surface area contributed by atoms with Gasteiger partial charge in [0.25, 0.3) is 0 Å². The molecule has 0 bridgehead atoms. The summed E-state index contributed by atoms with van der Waals surface area (Å²) in [6, 6.07) is 15.7. The van der Waals surface area contributed by atoms with E-state index in [1.807, 2.05) is 57.4 Å². The maximum absolute atomic E-state index is 12.2. The van der Waals surface area contributed by atoms with Crippen molar-refractivity contribution in [1.29, 1.82) is 5.26 Å². The fraction of sp³-hybridized carbons (Fsp3) is 0.227. The number of carbonyl (C=O) groups is 1. The molecule has 1 aromatic heterocycles. The average Bonchev–Trinajstić information content (AvgIpc) is 2.67. The molecule has 0 fully saturated rings. The Labute approximate surface area is 163 Å². The summed E-state index contributed by atoms with van der Waals surface area (Å²) >= 11 is 1.48. The van der Waals surface area contributed by atoms with Crippen LogP contribution >= 0.6 is 11.8 Å². The Morgan fingerprint density at radius 1 is 1.19 bits per heavy atom. The summed E-state index contributed by atoms with van der Waals surface area (Å²) in [5.41, 5.74) is 2.62. The molecule has 3 aromatic rings. The van der Waals surface area contributed by atoms with Gasteiger partial charge in [0.05, 0.1) is 18.2 Å². The van der Waals surface area contributed by atoms with Crippen molar-refractivity contribution in [2.75, 3.05) is 6.61 Å². The van der Waals surface area contributed by atoms with Crippen LogP contribution in [0, 0.1) is 11.3 Å². The molecule has 2 aromatic carbocycles. The van der Waals surface area contributed by atoms with E-state index in [1.165, 1.54) is 11.8 Å². The molecule has 1 heterocycles. The predicted octanol–water partition coefficient (Wildman–Crippen LogP) is 5.21. The number of rotatable bonds is 5. The van der Waals surface area contributed by atoms with Crippen LogP contribution in [0.3, 0.4) is 0 Å². The first-order valence-electron chi connectivity index (χ1n) is 8.69. The van der Waals surface area contributed by atoms with Gasteiger partial charge >= 0.3 is 5.97 Å². The predicted molar refractivity (Wildman–Crippen MR) is 108 cm³/mol. The Bertz CT molecular complexity index is 1020. The number of aromatic nitrogens is 1. The van der Waals surface area contributed by atoms with Crippen LogP contribution in [0.1, 0.15) is 26.3 Å². The van der Waals surface area contributed by atoms with Crippen LogP contribution in [0.4, 0.5) is 0 Å². The number of nitriles is 1. The van der Waals surface area contributed by atoms with Crippen LogP contribution < -0.4 is 0 Å². The summed E-state index contributed by atoms with van der Waals surface area (Å²) < 4.78 is 4.51. The quantitative estimate of drug-likeness (QED) is 0.452. The standard InChI is InChI=1S/C22H20N2O2S/c1-4-26-21(25)22(2,3)27-18-10-9-17-13-24-14-20(19(17)11-18)16-7-5-15(12-23)6-8-16/h5-11,13-14H,4H2,1-3H3. The first kappa shape index (κ1) is 18.9. The summed E-state index contributed by atoms with van der Waals surface area (Å²) in [4.78, 5) is 17.5. The number of thioether (sulfide) groups is 1. The van der Waals surface area contributed by atoms with Crippen molar-refractivity contribution in [3.8, 4) is 17.2 Å². The first-order chi connectivity index (χ1) is 12.9. The number of hydrogen-bond acceptors (Lipinski definition) is 5. The Morgan fingerprint density at radius 2 is 1.93 bits per heavy atom. The van der Waals surface area contributed by atoms with Crippen LogP contribution in [0.2, 0.25) is 0 Å². The Hall–Kier alpha value is -2.84. The molecule has 0 amide bonds. The number of nitrogens with zero attached hydrogens (tertiary/aromatic N) is 2. The smallest absolute Gasteiger partial charge is 0.321 e. The van der Waals surface area contributed by atoms with Gasteiger partial charge in [0.15, 0.2) is 0 Å². The lowest BCUT2D eigenvalue weighted by molar-refractivity contribution is -0.145. The minimum Gasteiger partial charge on any atom is -0.465 e. The van der Waals surface area contributed by atoms with E-state index in [1.54, 1.807) is 12.1 Å². The SMILES string of the molecule is CCOC(=O)C(C)(C)Sc1ccc2cncc(-c3ccc(C#N)cc3)c2c1. The number of pyridine rings is 1. The molecule has 0 aliphatic heterocycles. The van der Waals surface area contributed by atoms with Crippen LogP contribution in [-0.4, -0.2) is 22.3 Å². The topological polar surface area (TPSA) is 63.0 Å². The number of hydrogen-bond donors (Lipinski definition) is 0. The van der Waals surface area contributed by atoms with E-state index in [4.69, 9.17) is 10.00 Å². The lowest BCUT2D eigenvalue weighted by Crippen LogP contribution is -2.29. The summed E-state index contributed by atoms with van der Waals surface area (Å²) in [6.45, 7) is 5.92. The molecule has 136 valence electrons. The largest absolute Gasteiger partial charge is 0.465 e. The van der Waals surface area contributed by atoms with Gasteiger partial charge in [-0.05, 0) is 56.0 Å². The minimum atomic E-state index is -0.675. The molecule has 0 saturated heterocycles. The number of esters is 1. The summed E-state index contributed by atoms with van der Waals surface area (Å²) in [6.07, 6.45) is 3.65. The van der Waals surface area contributed by atoms with Crippen molar-refractivity contribution >= 4 is 28.5 Å². The van der Waals surface area contributed by atoms with E-state index in [9.17, 15) is 4.79 Å². The molecule has 0 radical (unpaired) electrons. The third-order valence-corrected chi connectivity index (χ3v) is 5.36. The minimum absolute atomic E-state index is 0.225. The van der Waals surface area contributed by atoms with E-state index in [-0.39, 0.29) is 5.97 Å². The second-order valence-electron chi connectivity index (χ2n) is 6.59. The molecule has 0 atom stereocenters. The van der Waals surface area contributed by atoms with Crippen molar-refractivity contribution < 1.29 is 9.53 Å². The second-order valence-corrected chi connectivity index (χ2v) is 8.29. The van der Waals surface area contributed by atoms with Gasteiger partial charge in [0.2, 0.25) is 0 Å². The second kappa shape index (κ2) is 7.81. The zero-order chi connectivity index (χ0) is 19.4. The van der Waals surface area contributed by atoms with Gasteiger partial charge in [0.1, 0.15) is 4.75 Å². The van der Waals surface area contributed by atoms with Gasteiger partial charge < -0.3 is 4.74 Å². The van der Waals surface area contributed by atoms with Crippen LogP contribution in [0.15, 0.2) is 59.8 Å². The highest BCUT2D eigenvalue weighted by Crippen LogP contribution is 2.37. The van der Waals surface area contributed by atoms with Gasteiger partial charge in [-0.25, -0.2) is 0 Å². The van der Waals surface area contributed by atoms with Crippen molar-refractivity contribution in [2.24, 2.45) is 0 Å². The van der Waals surface area contributed by atoms with Crippen molar-refractivity contribution in [1.82, 2.24) is 4.98 Å². The molecule has 5 heteroatoms. The number of ether oxygens (including phenoxy) is 1. The maximum atomic E-state index is 12.2. The molecule has 0 aliphatic carbocycles. The van der Waals surface area contributed by atoms with Gasteiger partial charge in [-0.1, -0.05) is 18.2 Å². The zero-order valence-corrected chi connectivity index (χ0v) is 16.3. The molecule has 0 N–H and O–H groups in total. The molecular formula is C22H20N2O2S. The lowest BCUT2D eigenvalue weighted by Gasteiger charge is -2.22. The van der Waals surface area contributed by atoms with E-state index in [0.29, 0.717) is 12.2 Å². The van der Waals surface area contributed by atoms with Crippen molar-refractivity contribution in [3.05, 3.63) is 60.4 Å². The van der Waals surface area contributed by atoms with Crippen LogP contribution in [0.25, 0.3) is 21.9 Å². The van der Waals surface area contributed by atoms with E-state index >= 15 is 0 Å². The number of carbonyl (C=O) groups excluding carboxylic acids is 1. The van der Waals surface area contributed by atoms with Gasteiger partial charge in [-0.3, -0.25) is 9.78 Å². The van der Waals surface area contributed by atoms with Crippen LogP contribution in [-0.2, 0) is 9.53 Å². The Balaban J connectivity index is 2.01. The molecular weight excluding hydrogens is 356 g/mol. The molecule has 3 rings (SSSR count). The van der Waals surface area contributed by atoms with Crippen molar-refractivity contribution in [3.63, 3.8) is 0 Å². The van der Waals surface area contributed by atoms with Crippen LogP contribution in [0.5, 0.6) is 0 Å². The van der Waals surface area contributed by atoms with Gasteiger partial charge in [0, 0.05) is 28.2 Å². The summed E-state index contributed by atoms with van der Waals surface area (Å²) in [5.74, 6) is -0.225. The fourth-order valence-corrected chi connectivity index (χ4v) is 3.85. The zero-order valence-electron chi connectivity index (χ0n) is 15.5. The van der Waals surface area contributed by atoms with Gasteiger partial charge in [-0.15, -0.1) is 11.8 Å². The third-order valence-electron chi connectivity index (χ3n) is 4.20. The van der Waals surface area contributed by atoms with Crippen molar-refractivity contribution in [2.45, 2.75) is 30.4 Å². The fourth-order valence-electron chi connectivity index (χ4n) is 2.80.